The van der Waals surface area contributed by atoms with E-state index in [4.69, 9.17) is 78.2 Å². The lowest BCUT2D eigenvalue weighted by Crippen LogP contribution is -2.49. The number of ether oxygens (including phenoxy) is 15. The van der Waals surface area contributed by atoms with Gasteiger partial charge in [-0.15, -0.1) is 12.8 Å². The fourth-order valence-electron chi connectivity index (χ4n) is 13.8. The summed E-state index contributed by atoms with van der Waals surface area (Å²) in [5, 5.41) is 22.2. The SMILES string of the molecule is CC(=O)O[C@@H]1[C@H](OC(C)=O)[C@@H](C(C)OC(=O)[C@@H](N)C(C)C)O[C@H]1n1cnc2c(N[C@@H]3CCOC3)ncnc21.CC(=O)O[C@@H]1[C@H](OC(C)=O)[C@@H](C(C)OC(=O)[C@@H](NC(=O)OCc2ccccc2)C(C)C)O[C@H]1n1cnc2c(N[C@@H]3CCOC3)ncnc21.CC(=O)O[C@@H]1[C@H](OC(C)=O)[C@@H](CO)O[C@H]1n1cnc2c(N[C@@H]3CCOC3)ncnc21.[2H]C#C. The molecule has 19 atom stereocenters. The predicted octanol–water partition coefficient (Wildman–Crippen LogP) is 3.40. The predicted molar refractivity (Wildman–Crippen MR) is 409 cm³/mol. The van der Waals surface area contributed by atoms with Gasteiger partial charge in [-0.25, -0.2) is 54.4 Å². The van der Waals surface area contributed by atoms with Crippen LogP contribution in [0.5, 0.6) is 0 Å². The number of aliphatic hydroxyl groups is 1. The van der Waals surface area contributed by atoms with Crippen molar-refractivity contribution in [2.75, 3.05) is 62.2 Å². The molecule has 0 bridgehead atoms. The third-order valence-corrected chi connectivity index (χ3v) is 19.4. The molecule has 6 saturated heterocycles. The highest BCUT2D eigenvalue weighted by atomic mass is 16.7. The van der Waals surface area contributed by atoms with Gasteiger partial charge in [-0.2, -0.15) is 0 Å². The first-order chi connectivity index (χ1) is 57.0. The Morgan fingerprint density at radius 2 is 0.864 bits per heavy atom. The second kappa shape index (κ2) is 41.1. The van der Waals surface area contributed by atoms with Crippen molar-refractivity contribution in [3.05, 3.63) is 73.9 Å². The number of benzene rings is 1. The Morgan fingerprint density at radius 3 is 1.21 bits per heavy atom. The van der Waals surface area contributed by atoms with E-state index in [0.717, 1.165) is 24.8 Å². The number of hydrogen-bond acceptors (Lipinski definition) is 38. The number of nitrogens with one attached hydrogen (secondary N) is 4. The van der Waals surface area contributed by atoms with Crippen LogP contribution in [0, 0.1) is 24.7 Å². The summed E-state index contributed by atoms with van der Waals surface area (Å²) >= 11 is 0. The minimum absolute atomic E-state index is 0.0161. The molecule has 7 N–H and O–H groups in total. The van der Waals surface area contributed by atoms with Crippen molar-refractivity contribution in [3.63, 3.8) is 0 Å². The maximum atomic E-state index is 13.4. The van der Waals surface area contributed by atoms with Gasteiger partial charge in [0.1, 0.15) is 69.6 Å². The second-order valence-corrected chi connectivity index (χ2v) is 28.9. The molecular weight excluding hydrogens is 1550 g/mol. The standard InChI is InChI=1S/C32H40N6O10.C24H34N6O8.C18H23N5O7.C2H2/c1-17(2)23(37-32(42)44-13-21-9-7-6-8-10-21)31(41)45-18(3)25-26(46-19(4)39)27(47-20(5)40)30(48-25)38-16-35-24-28(33-15-34-29(24)38)36-22-11-12-43-14-22;1-11(2)16(25)24(33)35-12(3)18-19(36-13(4)31)20(37-14(5)32)23(38-18)30-10-28-17-21(26-9-27-22(17)30)29-15-6-7-34-8-15;1-9(25)28-14-12(5-24)30-18(15(14)29-10(2)26)23-8-21-13-16(19-7-20-17(13)23)22-11-3-4-27-6-11;1-2/h6-10,15-18,22-23,25-27,30H,11-14H2,1-5H3,(H,37,42)(H,33,34,36);9-12,15-16,18-20,23H,6-8,25H2,1-5H3,(H,26,27,29);7-8,11-12,14-15,18,24H,3-6H2,1-2H3,(H,19,20,22);1-2H/t18?,22-,23+,25-,26-,27-,30-;12?,15-,16+,18-,19-,20-,23-;11-,12-,14-,15-,18-;/m111./s1/i;;;1D. The van der Waals surface area contributed by atoms with Crippen LogP contribution in [0.4, 0.5) is 22.2 Å². The summed E-state index contributed by atoms with van der Waals surface area (Å²) < 4.78 is 95.0. The molecule has 0 radical (unpaired) electrons. The van der Waals surface area contributed by atoms with Gasteiger partial charge in [0.25, 0.3) is 0 Å². The van der Waals surface area contributed by atoms with Gasteiger partial charge < -0.3 is 103 Å². The zero-order valence-electron chi connectivity index (χ0n) is 68.0. The molecule has 0 aliphatic carbocycles. The Morgan fingerprint density at radius 1 is 0.508 bits per heavy atom. The normalized spacial score (nSPS) is 25.4. The van der Waals surface area contributed by atoms with Crippen LogP contribution in [0.15, 0.2) is 68.3 Å². The van der Waals surface area contributed by atoms with E-state index in [2.05, 4.69) is 72.5 Å². The van der Waals surface area contributed by atoms with Crippen LogP contribution < -0.4 is 27.0 Å². The van der Waals surface area contributed by atoms with Crippen LogP contribution in [0.25, 0.3) is 33.5 Å². The zero-order chi connectivity index (χ0) is 85.9. The summed E-state index contributed by atoms with van der Waals surface area (Å²) in [5.41, 5.74) is 9.34. The highest BCUT2D eigenvalue weighted by Gasteiger charge is 2.56. The number of aliphatic hydroxyl groups excluding tert-OH is 1. The number of carbonyl (C=O) groups is 9. The third kappa shape index (κ3) is 22.0. The van der Waals surface area contributed by atoms with Gasteiger partial charge >= 0.3 is 53.8 Å². The van der Waals surface area contributed by atoms with Crippen LogP contribution in [0.3, 0.4) is 0 Å². The molecular formula is C76H99N17O25. The molecule has 42 heteroatoms. The summed E-state index contributed by atoms with van der Waals surface area (Å²) in [7, 11) is 0. The molecule has 2 unspecified atom stereocenters. The van der Waals surface area contributed by atoms with E-state index >= 15 is 0 Å². The number of nitrogens with two attached hydrogens (primary N) is 1. The minimum atomic E-state index is -1.19. The van der Waals surface area contributed by atoms with Crippen LogP contribution in [-0.4, -0.2) is 261 Å². The summed E-state index contributed by atoms with van der Waals surface area (Å²) in [4.78, 5) is 150. The number of carbonyl (C=O) groups excluding carboxylic acids is 9. The van der Waals surface area contributed by atoms with E-state index in [1.165, 1.54) is 85.9 Å². The Hall–Kier alpha value is -11.5. The van der Waals surface area contributed by atoms with Crippen LogP contribution in [0.1, 0.15) is 128 Å². The number of imidazole rings is 3. The van der Waals surface area contributed by atoms with E-state index in [9.17, 15) is 48.3 Å². The number of terminal acetylenes is 1. The fourth-order valence-corrected chi connectivity index (χ4v) is 13.8. The van der Waals surface area contributed by atoms with E-state index in [-0.39, 0.29) is 36.6 Å². The average molecular weight is 1650 g/mol. The molecule has 6 fully saturated rings. The fraction of sp³-hybridized carbons (Fsp3) is 0.579. The first-order valence-corrected chi connectivity index (χ1v) is 38.1. The molecule has 0 spiro atoms. The topological polar surface area (TPSA) is 517 Å². The van der Waals surface area contributed by atoms with Crippen molar-refractivity contribution >= 4 is 105 Å². The molecule has 13 rings (SSSR count). The smallest absolute Gasteiger partial charge is 0.408 e. The molecule has 7 aromatic rings. The van der Waals surface area contributed by atoms with E-state index in [1.54, 1.807) is 55.2 Å². The maximum absolute atomic E-state index is 13.4. The number of alkyl carbamates (subject to hydrolysis) is 1. The quantitative estimate of drug-likeness (QED) is 0.0244. The van der Waals surface area contributed by atoms with Gasteiger partial charge in [0, 0.05) is 61.4 Å². The highest BCUT2D eigenvalue weighted by molar-refractivity contribution is 5.85. The van der Waals surface area contributed by atoms with Crippen molar-refractivity contribution in [2.24, 2.45) is 17.6 Å². The van der Waals surface area contributed by atoms with Gasteiger partial charge in [-0.3, -0.25) is 47.3 Å². The lowest BCUT2D eigenvalue weighted by atomic mass is 10.0. The van der Waals surface area contributed by atoms with Crippen molar-refractivity contribution in [1.29, 1.82) is 0 Å². The molecule has 1 amide bonds. The van der Waals surface area contributed by atoms with Gasteiger partial charge in [0.05, 0.1) is 63.5 Å². The molecule has 6 aliphatic rings. The molecule has 6 aromatic heterocycles. The number of esters is 8. The van der Waals surface area contributed by atoms with E-state index in [1.807, 2.05) is 30.3 Å². The molecule has 12 heterocycles. The Labute approximate surface area is 678 Å². The third-order valence-electron chi connectivity index (χ3n) is 19.4. The van der Waals surface area contributed by atoms with Crippen LogP contribution in [-0.2, 0) is 116 Å². The number of amides is 1. The summed E-state index contributed by atoms with van der Waals surface area (Å²) in [6.07, 6.45) is 1.62. The number of hydrogen-bond donors (Lipinski definition) is 6. The van der Waals surface area contributed by atoms with Crippen LogP contribution in [0.2, 0.25) is 0 Å². The summed E-state index contributed by atoms with van der Waals surface area (Å²) in [6.45, 7) is 20.8. The first kappa shape index (κ1) is 87.4. The number of nitrogens with zero attached hydrogens (tertiary/aromatic N) is 12. The second-order valence-electron chi connectivity index (χ2n) is 28.9. The molecule has 0 saturated carbocycles. The number of anilines is 3. The van der Waals surface area contributed by atoms with Crippen molar-refractivity contribution < 1.29 is 121 Å². The zero-order valence-corrected chi connectivity index (χ0v) is 67.0. The number of aromatic nitrogens is 12. The number of rotatable bonds is 27. The van der Waals surface area contributed by atoms with E-state index < -0.39 is 158 Å². The van der Waals surface area contributed by atoms with Crippen molar-refractivity contribution in [3.8, 4) is 12.8 Å². The molecule has 118 heavy (non-hydrogen) atoms. The monoisotopic (exact) mass is 1650 g/mol. The average Bonchev–Trinajstić information content (AvgIpc) is 1.60. The maximum Gasteiger partial charge on any atom is 0.408 e. The Balaban J connectivity index is 0.000000189. The number of fused-ring (bicyclic) bond motifs is 3. The van der Waals surface area contributed by atoms with Crippen molar-refractivity contribution in [2.45, 2.75) is 225 Å². The van der Waals surface area contributed by atoms with E-state index in [0.29, 0.717) is 90.6 Å². The van der Waals surface area contributed by atoms with Gasteiger partial charge in [-0.1, -0.05) is 58.0 Å². The molecule has 42 nitrogen and oxygen atoms in total. The van der Waals surface area contributed by atoms with Gasteiger partial charge in [0.2, 0.25) is 0 Å². The molecule has 1 aromatic carbocycles. The Bertz CT molecular complexity index is 4690. The summed E-state index contributed by atoms with van der Waals surface area (Å²) in [6, 6.07) is 7.43. The van der Waals surface area contributed by atoms with Crippen molar-refractivity contribution in [1.82, 2.24) is 63.9 Å². The molecule has 638 valence electrons. The van der Waals surface area contributed by atoms with Gasteiger partial charge in [0.15, 0.2) is 106 Å². The van der Waals surface area contributed by atoms with Gasteiger partial charge in [-0.05, 0) is 50.5 Å². The minimum Gasteiger partial charge on any atom is -0.459 e. The van der Waals surface area contributed by atoms with Crippen LogP contribution >= 0.6 is 0 Å². The highest BCUT2D eigenvalue weighted by Crippen LogP contribution is 2.42. The summed E-state index contributed by atoms with van der Waals surface area (Å²) in [5.74, 6) is -4.09. The lowest BCUT2D eigenvalue weighted by Gasteiger charge is -2.28. The Kier molecular flexibility index (Phi) is 30.4. The largest absolute Gasteiger partial charge is 0.459 e. The molecule has 6 aliphatic heterocycles. The first-order valence-electron chi connectivity index (χ1n) is 38.6. The lowest BCUT2D eigenvalue weighted by molar-refractivity contribution is -0.171.